The van der Waals surface area contributed by atoms with Crippen LogP contribution in [-0.4, -0.2) is 0 Å². The van der Waals surface area contributed by atoms with Gasteiger partial charge in [0.25, 0.3) is 0 Å². The summed E-state index contributed by atoms with van der Waals surface area (Å²) in [4.78, 5) is 0. The largest absolute Gasteiger partial charge is 0.0820 e. The molecule has 0 radical (unpaired) electrons. The monoisotopic (exact) mass is 514 g/mol. The maximum Gasteiger partial charge on any atom is 0.00786 e. The minimum Gasteiger partial charge on any atom is -0.0820 e. The Bertz CT molecular complexity index is 1070. The van der Waals surface area contributed by atoms with E-state index in [0.717, 1.165) is 11.8 Å². The van der Waals surface area contributed by atoms with Crippen LogP contribution < -0.4 is 0 Å². The van der Waals surface area contributed by atoms with E-state index in [1.807, 2.05) is 0 Å². The first-order chi connectivity index (χ1) is 17.0. The Balaban J connectivity index is 0.000000134. The second kappa shape index (κ2) is 8.47. The fourth-order valence-electron chi connectivity index (χ4n) is 8.04. The third-order valence-electron chi connectivity index (χ3n) is 12.4. The van der Waals surface area contributed by atoms with Gasteiger partial charge in [-0.3, -0.25) is 0 Å². The minimum atomic E-state index is 0.187. The Labute approximate surface area is 236 Å². The zero-order chi connectivity index (χ0) is 28.8. The summed E-state index contributed by atoms with van der Waals surface area (Å²) >= 11 is 0. The Hall–Kier alpha value is -1.56. The van der Waals surface area contributed by atoms with Gasteiger partial charge in [-0.2, -0.15) is 0 Å². The van der Waals surface area contributed by atoms with Crippen LogP contribution in [0.2, 0.25) is 0 Å². The number of hydrogen-bond acceptors (Lipinski definition) is 0. The summed E-state index contributed by atoms with van der Waals surface area (Å²) in [6.07, 6.45) is 17.2. The van der Waals surface area contributed by atoms with Gasteiger partial charge in [0.1, 0.15) is 0 Å². The average Bonchev–Trinajstić information content (AvgIpc) is 3.71. The topological polar surface area (TPSA) is 0 Å². The van der Waals surface area contributed by atoms with Gasteiger partial charge in [-0.15, -0.1) is 0 Å². The third kappa shape index (κ3) is 4.61. The molecule has 4 unspecified atom stereocenters. The van der Waals surface area contributed by atoms with E-state index in [1.54, 1.807) is 0 Å². The van der Waals surface area contributed by atoms with Gasteiger partial charge >= 0.3 is 0 Å². The molecule has 38 heavy (non-hydrogen) atoms. The van der Waals surface area contributed by atoms with Crippen molar-refractivity contribution >= 4 is 0 Å². The molecule has 210 valence electrons. The SMILES string of the molecule is CC1(C)C=CC(C)(C)C2(C)CC12C.CC1(C)C=CC(C)(C)C2CC21.CC1(C)C=CC(C)(C)c2ccccc21. The van der Waals surface area contributed by atoms with Crippen LogP contribution in [-0.2, 0) is 10.8 Å². The van der Waals surface area contributed by atoms with E-state index in [2.05, 4.69) is 158 Å². The molecule has 0 N–H and O–H groups in total. The van der Waals surface area contributed by atoms with E-state index < -0.39 is 0 Å². The van der Waals surface area contributed by atoms with Crippen molar-refractivity contribution in [1.29, 1.82) is 0 Å². The Kier molecular flexibility index (Phi) is 6.56. The Morgan fingerprint density at radius 1 is 0.474 bits per heavy atom. The molecule has 2 fully saturated rings. The number of hydrogen-bond donors (Lipinski definition) is 0. The molecule has 5 aliphatic carbocycles. The molecule has 1 aromatic rings. The van der Waals surface area contributed by atoms with E-state index in [-0.39, 0.29) is 10.8 Å². The van der Waals surface area contributed by atoms with Crippen molar-refractivity contribution in [2.24, 2.45) is 44.3 Å². The summed E-state index contributed by atoms with van der Waals surface area (Å²) in [6.45, 7) is 33.0. The lowest BCUT2D eigenvalue weighted by Crippen LogP contribution is -2.37. The van der Waals surface area contributed by atoms with Gasteiger partial charge in [0.15, 0.2) is 0 Å². The second-order valence-corrected chi connectivity index (χ2v) is 17.4. The van der Waals surface area contributed by atoms with Crippen molar-refractivity contribution in [3.63, 3.8) is 0 Å². The zero-order valence-electron chi connectivity index (χ0n) is 27.3. The molecule has 0 bridgehead atoms. The standard InChI is InChI=1S/C14H18.C13H22.C11H18/c1-13(2)9-10-14(3,4)12-8-6-5-7-11(12)13;1-10(2)7-8-11(3,4)13(6)9-12(10,13)5;1-10(2)5-6-11(3,4)9-7-8(9)10/h5-10H,1-4H3;7-8H,9H2,1-6H3;5-6,8-9H,7H2,1-4H3. The summed E-state index contributed by atoms with van der Waals surface area (Å²) in [5, 5.41) is 0. The summed E-state index contributed by atoms with van der Waals surface area (Å²) in [7, 11) is 0. The number of rotatable bonds is 0. The highest BCUT2D eigenvalue weighted by Gasteiger charge is 2.73. The number of allylic oxidation sites excluding steroid dienone is 6. The summed E-state index contributed by atoms with van der Waals surface area (Å²) < 4.78 is 0. The molecule has 5 aliphatic rings. The lowest BCUT2D eigenvalue weighted by molar-refractivity contribution is 0.115. The zero-order valence-corrected chi connectivity index (χ0v) is 27.3. The van der Waals surface area contributed by atoms with Crippen LogP contribution in [0.4, 0.5) is 0 Å². The van der Waals surface area contributed by atoms with Crippen molar-refractivity contribution < 1.29 is 0 Å². The molecule has 0 heteroatoms. The Morgan fingerprint density at radius 2 is 0.816 bits per heavy atom. The lowest BCUT2D eigenvalue weighted by atomic mass is 9.60. The summed E-state index contributed by atoms with van der Waals surface area (Å²) in [6, 6.07) is 8.77. The molecule has 0 saturated heterocycles. The lowest BCUT2D eigenvalue weighted by Gasteiger charge is -2.44. The maximum atomic E-state index is 2.46. The molecule has 2 saturated carbocycles. The van der Waals surface area contributed by atoms with E-state index in [0.29, 0.717) is 32.5 Å². The highest BCUT2D eigenvalue weighted by Crippen LogP contribution is 2.80. The fourth-order valence-corrected chi connectivity index (χ4v) is 8.04. The summed E-state index contributed by atoms with van der Waals surface area (Å²) in [5.74, 6) is 1.95. The van der Waals surface area contributed by atoms with Crippen LogP contribution in [0.25, 0.3) is 0 Å². The van der Waals surface area contributed by atoms with Crippen molar-refractivity contribution in [1.82, 2.24) is 0 Å². The van der Waals surface area contributed by atoms with Gasteiger partial charge < -0.3 is 0 Å². The smallest absolute Gasteiger partial charge is 0.00786 e. The van der Waals surface area contributed by atoms with Crippen LogP contribution in [0.1, 0.15) is 121 Å². The van der Waals surface area contributed by atoms with Crippen molar-refractivity contribution in [2.45, 2.75) is 121 Å². The van der Waals surface area contributed by atoms with E-state index in [1.165, 1.54) is 24.0 Å². The van der Waals surface area contributed by atoms with Crippen LogP contribution in [0, 0.1) is 44.3 Å². The second-order valence-electron chi connectivity index (χ2n) is 17.4. The average molecular weight is 515 g/mol. The molecule has 0 heterocycles. The van der Waals surface area contributed by atoms with Gasteiger partial charge in [-0.05, 0) is 68.3 Å². The van der Waals surface area contributed by atoms with Gasteiger partial charge in [0.2, 0.25) is 0 Å². The van der Waals surface area contributed by atoms with E-state index in [4.69, 9.17) is 0 Å². The molecule has 0 aliphatic heterocycles. The van der Waals surface area contributed by atoms with Gasteiger partial charge in [0, 0.05) is 10.8 Å². The summed E-state index contributed by atoms with van der Waals surface area (Å²) in [5.41, 5.74) is 6.10. The molecular weight excluding hydrogens is 456 g/mol. The Morgan fingerprint density at radius 3 is 1.16 bits per heavy atom. The molecule has 0 spiro atoms. The quantitative estimate of drug-likeness (QED) is 0.302. The number of benzene rings is 1. The van der Waals surface area contributed by atoms with Crippen molar-refractivity contribution in [2.75, 3.05) is 0 Å². The predicted octanol–water partition coefficient (Wildman–Crippen LogP) is 11.1. The fraction of sp³-hybridized carbons (Fsp3) is 0.684. The third-order valence-corrected chi connectivity index (χ3v) is 12.4. The molecule has 0 nitrogen and oxygen atoms in total. The van der Waals surface area contributed by atoms with Crippen molar-refractivity contribution in [3.8, 4) is 0 Å². The molecule has 0 amide bonds. The van der Waals surface area contributed by atoms with E-state index in [9.17, 15) is 0 Å². The molecule has 6 rings (SSSR count). The molecule has 1 aromatic carbocycles. The maximum absolute atomic E-state index is 2.46. The molecule has 0 aromatic heterocycles. The van der Waals surface area contributed by atoms with Gasteiger partial charge in [-0.25, -0.2) is 0 Å². The van der Waals surface area contributed by atoms with Crippen LogP contribution >= 0.6 is 0 Å². The van der Waals surface area contributed by atoms with Gasteiger partial charge in [-0.1, -0.05) is 158 Å². The predicted molar refractivity (Wildman–Crippen MR) is 167 cm³/mol. The first kappa shape index (κ1) is 29.4. The van der Waals surface area contributed by atoms with Gasteiger partial charge in [0.05, 0.1) is 0 Å². The van der Waals surface area contributed by atoms with E-state index >= 15 is 0 Å². The van der Waals surface area contributed by atoms with Crippen LogP contribution in [0.15, 0.2) is 60.7 Å². The molecule has 4 atom stereocenters. The minimum absolute atomic E-state index is 0.187. The van der Waals surface area contributed by atoms with Crippen molar-refractivity contribution in [3.05, 3.63) is 71.8 Å². The first-order valence-electron chi connectivity index (χ1n) is 15.2. The highest BCUT2D eigenvalue weighted by molar-refractivity contribution is 5.47. The van der Waals surface area contributed by atoms with Crippen LogP contribution in [0.3, 0.4) is 0 Å². The first-order valence-corrected chi connectivity index (χ1v) is 15.2. The highest BCUT2D eigenvalue weighted by atomic mass is 14.8. The normalized spacial score (nSPS) is 37.6. The van der Waals surface area contributed by atoms with Crippen LogP contribution in [0.5, 0.6) is 0 Å². The number of fused-ring (bicyclic) bond motifs is 3. The molecular formula is C38H58.